The molecule has 3 nitrogen and oxygen atoms in total. The van der Waals surface area contributed by atoms with E-state index in [1.54, 1.807) is 0 Å². The van der Waals surface area contributed by atoms with Crippen LogP contribution in [0.15, 0.2) is 42.5 Å². The number of carbonyl (C=O) groups is 1. The van der Waals surface area contributed by atoms with Gasteiger partial charge in [-0.3, -0.25) is 4.79 Å². The van der Waals surface area contributed by atoms with E-state index in [4.69, 9.17) is 0 Å². The first-order valence-corrected chi connectivity index (χ1v) is 8.13. The summed E-state index contributed by atoms with van der Waals surface area (Å²) >= 11 is 2.29. The van der Waals surface area contributed by atoms with Crippen LogP contribution in [0.3, 0.4) is 0 Å². The third-order valence-corrected chi connectivity index (χ3v) is 5.00. The van der Waals surface area contributed by atoms with E-state index in [9.17, 15) is 4.79 Å². The zero-order valence-electron chi connectivity index (χ0n) is 11.8. The van der Waals surface area contributed by atoms with Crippen LogP contribution in [0.2, 0.25) is 0 Å². The lowest BCUT2D eigenvalue weighted by molar-refractivity contribution is -0.117. The normalized spacial score (nSPS) is 16.8. The molecule has 2 aromatic carbocycles. The summed E-state index contributed by atoms with van der Waals surface area (Å²) in [5.41, 5.74) is 4.25. The molecule has 1 amide bonds. The zero-order valence-corrected chi connectivity index (χ0v) is 14.0. The van der Waals surface area contributed by atoms with Crippen LogP contribution < -0.4 is 10.6 Å². The molecule has 0 bridgehead atoms. The molecule has 0 saturated carbocycles. The molecular weight excluding hydrogens is 375 g/mol. The van der Waals surface area contributed by atoms with Crippen LogP contribution >= 0.6 is 22.6 Å². The first-order chi connectivity index (χ1) is 10.1. The van der Waals surface area contributed by atoms with Gasteiger partial charge >= 0.3 is 0 Å². The van der Waals surface area contributed by atoms with Crippen molar-refractivity contribution in [2.24, 2.45) is 0 Å². The minimum atomic E-state index is -0.0820. The molecule has 0 spiro atoms. The molecule has 1 aliphatic rings. The molecule has 2 aromatic rings. The number of anilines is 2. The van der Waals surface area contributed by atoms with Crippen molar-refractivity contribution in [1.82, 2.24) is 0 Å². The van der Waals surface area contributed by atoms with Gasteiger partial charge in [-0.2, -0.15) is 0 Å². The Kier molecular flexibility index (Phi) is 4.14. The van der Waals surface area contributed by atoms with E-state index in [1.807, 2.05) is 42.5 Å². The molecule has 1 aliphatic heterocycles. The van der Waals surface area contributed by atoms with Crippen molar-refractivity contribution in [2.45, 2.75) is 19.3 Å². The molecule has 2 N–H and O–H groups in total. The Bertz CT molecular complexity index is 684. The largest absolute Gasteiger partial charge is 0.385 e. The molecule has 0 saturated heterocycles. The van der Waals surface area contributed by atoms with Crippen LogP contribution in [0.1, 0.15) is 23.5 Å². The van der Waals surface area contributed by atoms with Gasteiger partial charge in [0, 0.05) is 21.5 Å². The summed E-state index contributed by atoms with van der Waals surface area (Å²) in [6.45, 7) is 2.90. The Hall–Kier alpha value is -1.56. The van der Waals surface area contributed by atoms with Crippen LogP contribution in [0.4, 0.5) is 11.4 Å². The van der Waals surface area contributed by atoms with Gasteiger partial charge in [-0.1, -0.05) is 24.3 Å². The molecule has 0 fully saturated rings. The second-order valence-corrected chi connectivity index (χ2v) is 6.47. The molecule has 108 valence electrons. The first-order valence-electron chi connectivity index (χ1n) is 7.05. The first kappa shape index (κ1) is 14.4. The number of fused-ring (bicyclic) bond motifs is 1. The van der Waals surface area contributed by atoms with E-state index in [-0.39, 0.29) is 11.8 Å². The van der Waals surface area contributed by atoms with Crippen LogP contribution in [0.25, 0.3) is 0 Å². The number of amides is 1. The minimum absolute atomic E-state index is 0.0728. The average Bonchev–Trinajstić information content (AvgIpc) is 2.50. The highest BCUT2D eigenvalue weighted by Crippen LogP contribution is 2.32. The quantitative estimate of drug-likeness (QED) is 0.755. The number of benzene rings is 2. The lowest BCUT2D eigenvalue weighted by Gasteiger charge is -2.25. The van der Waals surface area contributed by atoms with Gasteiger partial charge in [0.05, 0.1) is 5.92 Å². The minimum Gasteiger partial charge on any atom is -0.385 e. The van der Waals surface area contributed by atoms with Gasteiger partial charge in [0.15, 0.2) is 0 Å². The Morgan fingerprint density at radius 1 is 1.29 bits per heavy atom. The van der Waals surface area contributed by atoms with Gasteiger partial charge in [-0.25, -0.2) is 0 Å². The SMILES string of the molecule is Cc1ccc(NC(=O)C2CCNc3ccccc32)cc1I. The summed E-state index contributed by atoms with van der Waals surface area (Å²) < 4.78 is 1.16. The number of rotatable bonds is 2. The summed E-state index contributed by atoms with van der Waals surface area (Å²) in [7, 11) is 0. The fourth-order valence-electron chi connectivity index (χ4n) is 2.64. The van der Waals surface area contributed by atoms with Crippen molar-refractivity contribution >= 4 is 39.9 Å². The molecule has 1 unspecified atom stereocenters. The monoisotopic (exact) mass is 392 g/mol. The topological polar surface area (TPSA) is 41.1 Å². The maximum atomic E-state index is 12.6. The number of carbonyl (C=O) groups excluding carboxylic acids is 1. The maximum absolute atomic E-state index is 12.6. The molecular formula is C17H17IN2O. The van der Waals surface area contributed by atoms with Crippen molar-refractivity contribution < 1.29 is 4.79 Å². The van der Waals surface area contributed by atoms with Gasteiger partial charge in [0.25, 0.3) is 0 Å². The van der Waals surface area contributed by atoms with E-state index in [1.165, 1.54) is 5.56 Å². The van der Waals surface area contributed by atoms with Gasteiger partial charge in [-0.05, 0) is 65.3 Å². The summed E-state index contributed by atoms with van der Waals surface area (Å²) in [5, 5.41) is 6.40. The summed E-state index contributed by atoms with van der Waals surface area (Å²) in [6, 6.07) is 14.1. The van der Waals surface area contributed by atoms with Gasteiger partial charge in [0.1, 0.15) is 0 Å². The number of halogens is 1. The van der Waals surface area contributed by atoms with Crippen molar-refractivity contribution in [3.63, 3.8) is 0 Å². The second-order valence-electron chi connectivity index (χ2n) is 5.31. The highest BCUT2D eigenvalue weighted by atomic mass is 127. The molecule has 4 heteroatoms. The number of aryl methyl sites for hydroxylation is 1. The number of nitrogens with one attached hydrogen (secondary N) is 2. The third kappa shape index (κ3) is 3.05. The second kappa shape index (κ2) is 6.05. The van der Waals surface area contributed by atoms with E-state index in [0.717, 1.165) is 33.5 Å². The Morgan fingerprint density at radius 2 is 2.10 bits per heavy atom. The standard InChI is InChI=1S/C17H17IN2O/c1-11-6-7-12(10-15(11)18)20-17(21)14-8-9-19-16-5-3-2-4-13(14)16/h2-7,10,14,19H,8-9H2,1H3,(H,20,21). The number of hydrogen-bond donors (Lipinski definition) is 2. The van der Waals surface area contributed by atoms with E-state index in [0.29, 0.717) is 0 Å². The molecule has 1 heterocycles. The highest BCUT2D eigenvalue weighted by Gasteiger charge is 2.26. The van der Waals surface area contributed by atoms with E-state index < -0.39 is 0 Å². The fraction of sp³-hybridized carbons (Fsp3) is 0.235. The molecule has 0 aromatic heterocycles. The molecule has 1 atom stereocenters. The number of para-hydroxylation sites is 1. The van der Waals surface area contributed by atoms with Crippen molar-refractivity contribution in [3.8, 4) is 0 Å². The zero-order chi connectivity index (χ0) is 14.8. The van der Waals surface area contributed by atoms with E-state index in [2.05, 4.69) is 40.1 Å². The van der Waals surface area contributed by atoms with Crippen molar-refractivity contribution in [3.05, 3.63) is 57.2 Å². The van der Waals surface area contributed by atoms with Crippen LogP contribution in [0.5, 0.6) is 0 Å². The molecule has 3 rings (SSSR count). The summed E-state index contributed by atoms with van der Waals surface area (Å²) in [6.07, 6.45) is 0.825. The lowest BCUT2D eigenvalue weighted by Crippen LogP contribution is -2.27. The Morgan fingerprint density at radius 3 is 2.90 bits per heavy atom. The average molecular weight is 392 g/mol. The smallest absolute Gasteiger partial charge is 0.232 e. The van der Waals surface area contributed by atoms with Crippen LogP contribution in [-0.4, -0.2) is 12.5 Å². The third-order valence-electron chi connectivity index (χ3n) is 3.84. The Balaban J connectivity index is 1.81. The summed E-state index contributed by atoms with van der Waals surface area (Å²) in [5.74, 6) is -0.00924. The molecule has 21 heavy (non-hydrogen) atoms. The van der Waals surface area contributed by atoms with Gasteiger partial charge < -0.3 is 10.6 Å². The fourth-order valence-corrected chi connectivity index (χ4v) is 3.16. The van der Waals surface area contributed by atoms with Crippen LogP contribution in [-0.2, 0) is 4.79 Å². The highest BCUT2D eigenvalue weighted by molar-refractivity contribution is 14.1. The van der Waals surface area contributed by atoms with Gasteiger partial charge in [-0.15, -0.1) is 0 Å². The van der Waals surface area contributed by atoms with Gasteiger partial charge in [0.2, 0.25) is 5.91 Å². The predicted octanol–water partition coefficient (Wildman–Crippen LogP) is 4.14. The molecule has 0 aliphatic carbocycles. The molecule has 0 radical (unpaired) electrons. The summed E-state index contributed by atoms with van der Waals surface area (Å²) in [4.78, 5) is 12.6. The van der Waals surface area contributed by atoms with Crippen LogP contribution in [0, 0.1) is 10.5 Å². The van der Waals surface area contributed by atoms with Crippen molar-refractivity contribution in [1.29, 1.82) is 0 Å². The number of hydrogen-bond acceptors (Lipinski definition) is 2. The maximum Gasteiger partial charge on any atom is 0.232 e. The van der Waals surface area contributed by atoms with E-state index >= 15 is 0 Å². The lowest BCUT2D eigenvalue weighted by atomic mass is 9.90. The van der Waals surface area contributed by atoms with Crippen molar-refractivity contribution in [2.75, 3.05) is 17.2 Å². The predicted molar refractivity (Wildman–Crippen MR) is 94.8 cm³/mol. The Labute approximate surface area is 138 Å².